The quantitative estimate of drug-likeness (QED) is 0.450. The summed E-state index contributed by atoms with van der Waals surface area (Å²) in [4.78, 5) is 16.8. The number of rotatable bonds is 9. The molecule has 3 N–H and O–H groups in total. The average Bonchev–Trinajstić information content (AvgIpc) is 3.56. The zero-order chi connectivity index (χ0) is 24.1. The number of nitrogens with zero attached hydrogens (tertiary/aromatic N) is 3. The van der Waals surface area contributed by atoms with Crippen LogP contribution in [0.1, 0.15) is 12.5 Å². The number of carbonyl (C=O) groups excluding carboxylic acids is 1. The molecule has 2 saturated heterocycles. The van der Waals surface area contributed by atoms with Gasteiger partial charge in [0, 0.05) is 43.0 Å². The first-order valence-corrected chi connectivity index (χ1v) is 12.8. The van der Waals surface area contributed by atoms with E-state index in [2.05, 4.69) is 51.8 Å². The molecule has 182 valence electrons. The zero-order valence-electron chi connectivity index (χ0n) is 19.5. The monoisotopic (exact) mass is 483 g/mol. The minimum absolute atomic E-state index is 0.0896. The summed E-state index contributed by atoms with van der Waals surface area (Å²) < 4.78 is 5.44. The van der Waals surface area contributed by atoms with Gasteiger partial charge in [-0.1, -0.05) is 25.0 Å². The Morgan fingerprint density at radius 3 is 2.91 bits per heavy atom. The molecule has 1 aliphatic carbocycles. The van der Waals surface area contributed by atoms with E-state index >= 15 is 0 Å². The van der Waals surface area contributed by atoms with Crippen LogP contribution in [0, 0.1) is 41.4 Å². The molecule has 0 radical (unpaired) electrons. The van der Waals surface area contributed by atoms with Crippen LogP contribution in [0.2, 0.25) is 0 Å². The fourth-order valence-corrected chi connectivity index (χ4v) is 6.99. The standard InChI is InChI=1S/C25H33N5O3S/c1-3-8-27-23(31)19(14-26)25-30(4-2)24(32)21-20(22(21)34-25)15-28-18-7-5-6-17(13-18)16-29-9-11-33-12-10-29/h1,5-7,13,19-22,24-25,28,32H,4,8-12,15-16H2,2H3,(H,27,31). The Balaban J connectivity index is 1.36. The van der Waals surface area contributed by atoms with Crippen molar-refractivity contribution in [2.24, 2.45) is 17.8 Å². The Kier molecular flexibility index (Phi) is 8.36. The molecule has 6 unspecified atom stereocenters. The van der Waals surface area contributed by atoms with Crippen LogP contribution in [-0.4, -0.2) is 83.6 Å². The van der Waals surface area contributed by atoms with Gasteiger partial charge in [0.05, 0.1) is 31.2 Å². The molecular formula is C25H33N5O3S. The predicted molar refractivity (Wildman–Crippen MR) is 133 cm³/mol. The van der Waals surface area contributed by atoms with Gasteiger partial charge in [-0.3, -0.25) is 14.6 Å². The number of amides is 1. The van der Waals surface area contributed by atoms with E-state index in [4.69, 9.17) is 11.2 Å². The molecular weight excluding hydrogens is 450 g/mol. The Bertz CT molecular complexity index is 941. The van der Waals surface area contributed by atoms with E-state index in [-0.39, 0.29) is 29.5 Å². The van der Waals surface area contributed by atoms with Gasteiger partial charge in [-0.05, 0) is 30.2 Å². The minimum atomic E-state index is -0.889. The van der Waals surface area contributed by atoms with Gasteiger partial charge in [-0.25, -0.2) is 0 Å². The number of aliphatic hydroxyl groups excluding tert-OH is 1. The number of hydrogen-bond donors (Lipinski definition) is 3. The van der Waals surface area contributed by atoms with Crippen molar-refractivity contribution in [1.82, 2.24) is 15.1 Å². The summed E-state index contributed by atoms with van der Waals surface area (Å²) >= 11 is 1.63. The summed E-state index contributed by atoms with van der Waals surface area (Å²) in [6.45, 7) is 7.74. The number of terminal acetylenes is 1. The first-order chi connectivity index (χ1) is 16.6. The summed E-state index contributed by atoms with van der Waals surface area (Å²) in [6, 6.07) is 10.6. The van der Waals surface area contributed by atoms with Crippen LogP contribution in [-0.2, 0) is 16.1 Å². The number of nitriles is 1. The summed E-state index contributed by atoms with van der Waals surface area (Å²) in [5.41, 5.74) is 2.34. The number of hydrogen-bond acceptors (Lipinski definition) is 8. The van der Waals surface area contributed by atoms with E-state index in [1.165, 1.54) is 5.56 Å². The van der Waals surface area contributed by atoms with Crippen molar-refractivity contribution in [3.63, 3.8) is 0 Å². The molecule has 9 heteroatoms. The maximum absolute atomic E-state index is 12.5. The number of morpholine rings is 1. The third-order valence-corrected chi connectivity index (χ3v) is 8.68. The summed E-state index contributed by atoms with van der Waals surface area (Å²) in [6.07, 6.45) is 4.57. The highest BCUT2D eigenvalue weighted by Crippen LogP contribution is 2.57. The van der Waals surface area contributed by atoms with Crippen LogP contribution >= 0.6 is 11.8 Å². The summed E-state index contributed by atoms with van der Waals surface area (Å²) in [7, 11) is 0. The number of fused-ring (bicyclic) bond motifs is 1. The van der Waals surface area contributed by atoms with E-state index in [1.54, 1.807) is 11.8 Å². The van der Waals surface area contributed by atoms with Gasteiger partial charge in [0.2, 0.25) is 5.91 Å². The molecule has 1 aromatic rings. The SMILES string of the molecule is C#CCNC(=O)C(C#N)C1SC2C(CNc3cccc(CN4CCOCC4)c3)C2C(O)N1CC. The Morgan fingerprint density at radius 1 is 1.41 bits per heavy atom. The van der Waals surface area contributed by atoms with Crippen molar-refractivity contribution in [3.05, 3.63) is 29.8 Å². The molecule has 1 amide bonds. The lowest BCUT2D eigenvalue weighted by atomic mass is 10.1. The smallest absolute Gasteiger partial charge is 0.240 e. The largest absolute Gasteiger partial charge is 0.385 e. The van der Waals surface area contributed by atoms with Gasteiger partial charge in [-0.15, -0.1) is 18.2 Å². The maximum Gasteiger partial charge on any atom is 0.240 e. The first kappa shape index (κ1) is 24.8. The van der Waals surface area contributed by atoms with E-state index in [0.29, 0.717) is 6.54 Å². The Morgan fingerprint density at radius 2 is 2.21 bits per heavy atom. The van der Waals surface area contributed by atoms with Gasteiger partial charge in [-0.2, -0.15) is 5.26 Å². The van der Waals surface area contributed by atoms with Crippen molar-refractivity contribution in [2.75, 3.05) is 51.3 Å². The zero-order valence-corrected chi connectivity index (χ0v) is 20.3. The van der Waals surface area contributed by atoms with E-state index in [9.17, 15) is 15.2 Å². The third kappa shape index (κ3) is 5.51. The molecule has 0 aromatic heterocycles. The van der Waals surface area contributed by atoms with Crippen molar-refractivity contribution >= 4 is 23.4 Å². The van der Waals surface area contributed by atoms with Crippen LogP contribution in [0.15, 0.2) is 24.3 Å². The second kappa shape index (κ2) is 11.4. The van der Waals surface area contributed by atoms with Gasteiger partial charge < -0.3 is 20.5 Å². The number of nitrogens with one attached hydrogen (secondary N) is 2. The molecule has 1 saturated carbocycles. The lowest BCUT2D eigenvalue weighted by Gasteiger charge is -2.39. The van der Waals surface area contributed by atoms with Crippen molar-refractivity contribution < 1.29 is 14.6 Å². The van der Waals surface area contributed by atoms with Crippen LogP contribution in [0.5, 0.6) is 0 Å². The molecule has 6 atom stereocenters. The normalized spacial score (nSPS) is 29.8. The maximum atomic E-state index is 12.5. The van der Waals surface area contributed by atoms with E-state index < -0.39 is 17.5 Å². The van der Waals surface area contributed by atoms with Gasteiger partial charge in [0.15, 0.2) is 0 Å². The highest BCUT2D eigenvalue weighted by Gasteiger charge is 2.61. The number of thioether (sulfide) groups is 1. The number of anilines is 1. The van der Waals surface area contributed by atoms with Crippen LogP contribution in [0.4, 0.5) is 5.69 Å². The number of carbonyl (C=O) groups is 1. The van der Waals surface area contributed by atoms with Gasteiger partial charge >= 0.3 is 0 Å². The molecule has 3 aliphatic rings. The number of ether oxygens (including phenoxy) is 1. The van der Waals surface area contributed by atoms with Crippen molar-refractivity contribution in [1.29, 1.82) is 5.26 Å². The average molecular weight is 484 g/mol. The molecule has 34 heavy (non-hydrogen) atoms. The molecule has 0 bridgehead atoms. The number of benzene rings is 1. The van der Waals surface area contributed by atoms with Crippen LogP contribution in [0.25, 0.3) is 0 Å². The molecule has 3 fully saturated rings. The summed E-state index contributed by atoms with van der Waals surface area (Å²) in [5.74, 6) is 1.50. The molecule has 8 nitrogen and oxygen atoms in total. The van der Waals surface area contributed by atoms with Crippen LogP contribution < -0.4 is 10.6 Å². The van der Waals surface area contributed by atoms with E-state index in [0.717, 1.165) is 45.1 Å². The third-order valence-electron chi connectivity index (χ3n) is 6.88. The highest BCUT2D eigenvalue weighted by atomic mass is 32.2. The highest BCUT2D eigenvalue weighted by molar-refractivity contribution is 8.00. The minimum Gasteiger partial charge on any atom is -0.385 e. The Hall–Kier alpha value is -2.27. The molecule has 2 heterocycles. The second-order valence-corrected chi connectivity index (χ2v) is 10.3. The second-order valence-electron chi connectivity index (χ2n) is 8.98. The molecule has 1 aromatic carbocycles. The first-order valence-electron chi connectivity index (χ1n) is 11.9. The molecule has 4 rings (SSSR count). The lowest BCUT2D eigenvalue weighted by Crippen LogP contribution is -2.52. The summed E-state index contributed by atoms with van der Waals surface area (Å²) in [5, 5.41) is 26.7. The van der Waals surface area contributed by atoms with E-state index in [1.807, 2.05) is 11.8 Å². The molecule has 2 aliphatic heterocycles. The van der Waals surface area contributed by atoms with Crippen molar-refractivity contribution in [3.8, 4) is 18.4 Å². The van der Waals surface area contributed by atoms with Gasteiger partial charge in [0.25, 0.3) is 0 Å². The fourth-order valence-electron chi connectivity index (χ4n) is 4.98. The fraction of sp³-hybridized carbons (Fsp3) is 0.600. The lowest BCUT2D eigenvalue weighted by molar-refractivity contribution is -0.125. The number of aliphatic hydroxyl groups is 1. The molecule has 0 spiro atoms. The van der Waals surface area contributed by atoms with Gasteiger partial charge in [0.1, 0.15) is 12.1 Å². The topological polar surface area (TPSA) is 101 Å². The predicted octanol–water partition coefficient (Wildman–Crippen LogP) is 1.15. The Labute approximate surface area is 206 Å². The van der Waals surface area contributed by atoms with Crippen LogP contribution in [0.3, 0.4) is 0 Å². The van der Waals surface area contributed by atoms with Crippen molar-refractivity contribution in [2.45, 2.75) is 30.3 Å².